The zero-order valence-corrected chi connectivity index (χ0v) is 14.6. The van der Waals surface area contributed by atoms with Gasteiger partial charge in [-0.15, -0.1) is 0 Å². The Morgan fingerprint density at radius 1 is 1.21 bits per heavy atom. The summed E-state index contributed by atoms with van der Waals surface area (Å²) in [5.41, 5.74) is 2.50. The van der Waals surface area contributed by atoms with Gasteiger partial charge in [0.05, 0.1) is 6.61 Å². The molecule has 0 spiro atoms. The van der Waals surface area contributed by atoms with E-state index in [-0.39, 0.29) is 17.9 Å². The number of carbonyl (C=O) groups is 1. The van der Waals surface area contributed by atoms with Gasteiger partial charge >= 0.3 is 0 Å². The number of hydrogen-bond acceptors (Lipinski definition) is 3. The van der Waals surface area contributed by atoms with E-state index in [4.69, 9.17) is 0 Å². The van der Waals surface area contributed by atoms with E-state index in [9.17, 15) is 9.90 Å². The van der Waals surface area contributed by atoms with Gasteiger partial charge in [-0.1, -0.05) is 29.8 Å². The summed E-state index contributed by atoms with van der Waals surface area (Å²) in [5, 5.41) is 10.2. The van der Waals surface area contributed by atoms with Crippen LogP contribution in [0.4, 0.5) is 0 Å². The molecule has 2 saturated heterocycles. The Labute approximate surface area is 144 Å². The normalized spacial score (nSPS) is 30.4. The quantitative estimate of drug-likeness (QED) is 0.920. The van der Waals surface area contributed by atoms with E-state index in [1.807, 2.05) is 4.90 Å². The minimum absolute atomic E-state index is 0.118. The molecule has 1 aliphatic carbocycles. The van der Waals surface area contributed by atoms with Crippen molar-refractivity contribution in [1.82, 2.24) is 9.80 Å². The summed E-state index contributed by atoms with van der Waals surface area (Å²) < 4.78 is 0. The number of likely N-dealkylation sites (tertiary alicyclic amines) is 2. The lowest BCUT2D eigenvalue weighted by Gasteiger charge is -2.43. The lowest BCUT2D eigenvalue weighted by Crippen LogP contribution is -2.50. The van der Waals surface area contributed by atoms with Crippen LogP contribution in [0.25, 0.3) is 0 Å². The SMILES string of the molecule is Cc1ccc(CN2CC[C@H]3CN(C(=O)C4CC4)C[C@@]3(CO)C2)cc1. The maximum absolute atomic E-state index is 12.4. The summed E-state index contributed by atoms with van der Waals surface area (Å²) in [6, 6.07) is 8.72. The number of benzene rings is 1. The molecular formula is C20H28N2O2. The van der Waals surface area contributed by atoms with Crippen molar-refractivity contribution in [2.24, 2.45) is 17.3 Å². The van der Waals surface area contributed by atoms with Gasteiger partial charge in [-0.3, -0.25) is 9.69 Å². The van der Waals surface area contributed by atoms with Crippen LogP contribution in [0.3, 0.4) is 0 Å². The van der Waals surface area contributed by atoms with E-state index in [0.29, 0.717) is 11.8 Å². The standard InChI is InChI=1S/C20H28N2O2/c1-15-2-4-16(5-3-15)10-21-9-8-18-11-22(19(24)17-6-7-17)13-20(18,12-21)14-23/h2-5,17-18,23H,6-14H2,1H3/t18-,20+/m0/s1. The van der Waals surface area contributed by atoms with Gasteiger partial charge in [0.15, 0.2) is 0 Å². The van der Waals surface area contributed by atoms with E-state index in [1.54, 1.807) is 0 Å². The number of aliphatic hydroxyl groups is 1. The molecule has 0 aromatic heterocycles. The van der Waals surface area contributed by atoms with Crippen molar-refractivity contribution in [2.75, 3.05) is 32.8 Å². The predicted molar refractivity (Wildman–Crippen MR) is 93.4 cm³/mol. The van der Waals surface area contributed by atoms with Gasteiger partial charge in [0.2, 0.25) is 5.91 Å². The van der Waals surface area contributed by atoms with Gasteiger partial charge in [0.25, 0.3) is 0 Å². The number of aliphatic hydroxyl groups excluding tert-OH is 1. The molecule has 4 rings (SSSR count). The van der Waals surface area contributed by atoms with Gasteiger partial charge in [0.1, 0.15) is 0 Å². The monoisotopic (exact) mass is 328 g/mol. The average Bonchev–Trinajstić information content (AvgIpc) is 3.36. The second kappa shape index (κ2) is 6.16. The molecule has 1 N–H and O–H groups in total. The molecule has 24 heavy (non-hydrogen) atoms. The van der Waals surface area contributed by atoms with Crippen LogP contribution in [0.2, 0.25) is 0 Å². The summed E-state index contributed by atoms with van der Waals surface area (Å²) in [4.78, 5) is 17.0. The zero-order valence-electron chi connectivity index (χ0n) is 14.6. The van der Waals surface area contributed by atoms with Crippen LogP contribution in [0.5, 0.6) is 0 Å². The first-order chi connectivity index (χ1) is 11.6. The largest absolute Gasteiger partial charge is 0.396 e. The van der Waals surface area contributed by atoms with Crippen molar-refractivity contribution >= 4 is 5.91 Å². The van der Waals surface area contributed by atoms with E-state index in [0.717, 1.165) is 52.0 Å². The van der Waals surface area contributed by atoms with E-state index in [1.165, 1.54) is 11.1 Å². The molecule has 0 bridgehead atoms. The fraction of sp³-hybridized carbons (Fsp3) is 0.650. The van der Waals surface area contributed by atoms with Crippen LogP contribution in [0, 0.1) is 24.2 Å². The molecule has 1 amide bonds. The highest BCUT2D eigenvalue weighted by Gasteiger charge is 2.51. The lowest BCUT2D eigenvalue weighted by molar-refractivity contribution is -0.132. The molecule has 4 heteroatoms. The summed E-state index contributed by atoms with van der Waals surface area (Å²) in [5.74, 6) is 1.08. The third-order valence-electron chi connectivity index (χ3n) is 6.22. The van der Waals surface area contributed by atoms with Crippen LogP contribution < -0.4 is 0 Å². The van der Waals surface area contributed by atoms with Crippen LogP contribution in [-0.2, 0) is 11.3 Å². The van der Waals surface area contributed by atoms with Crippen molar-refractivity contribution in [3.8, 4) is 0 Å². The zero-order chi connectivity index (χ0) is 16.7. The minimum Gasteiger partial charge on any atom is -0.396 e. The number of rotatable bonds is 4. The van der Waals surface area contributed by atoms with Gasteiger partial charge in [0, 0.05) is 37.5 Å². The van der Waals surface area contributed by atoms with E-state index >= 15 is 0 Å². The number of nitrogens with zero attached hydrogens (tertiary/aromatic N) is 2. The van der Waals surface area contributed by atoms with Gasteiger partial charge in [-0.25, -0.2) is 0 Å². The first kappa shape index (κ1) is 16.1. The Kier molecular flexibility index (Phi) is 4.13. The lowest BCUT2D eigenvalue weighted by atomic mass is 9.74. The number of aryl methyl sites for hydroxylation is 1. The van der Waals surface area contributed by atoms with Gasteiger partial charge < -0.3 is 10.0 Å². The minimum atomic E-state index is -0.118. The Bertz CT molecular complexity index is 611. The molecule has 2 atom stereocenters. The molecule has 2 aliphatic heterocycles. The van der Waals surface area contributed by atoms with Crippen LogP contribution in [-0.4, -0.2) is 53.6 Å². The summed E-state index contributed by atoms with van der Waals surface area (Å²) in [7, 11) is 0. The third-order valence-corrected chi connectivity index (χ3v) is 6.22. The number of piperidine rings is 1. The molecule has 0 unspecified atom stereocenters. The van der Waals surface area contributed by atoms with Gasteiger partial charge in [-0.05, 0) is 44.2 Å². The first-order valence-corrected chi connectivity index (χ1v) is 9.27. The van der Waals surface area contributed by atoms with Crippen LogP contribution in [0.1, 0.15) is 30.4 Å². The third kappa shape index (κ3) is 2.98. The van der Waals surface area contributed by atoms with Crippen molar-refractivity contribution in [1.29, 1.82) is 0 Å². The topological polar surface area (TPSA) is 43.8 Å². The van der Waals surface area contributed by atoms with Gasteiger partial charge in [-0.2, -0.15) is 0 Å². The molecule has 1 aromatic carbocycles. The molecule has 4 nitrogen and oxygen atoms in total. The van der Waals surface area contributed by atoms with E-state index < -0.39 is 0 Å². The molecule has 3 aliphatic rings. The fourth-order valence-corrected chi connectivity index (χ4v) is 4.54. The average molecular weight is 328 g/mol. The maximum Gasteiger partial charge on any atom is 0.225 e. The first-order valence-electron chi connectivity index (χ1n) is 9.27. The van der Waals surface area contributed by atoms with Crippen LogP contribution >= 0.6 is 0 Å². The Morgan fingerprint density at radius 2 is 1.96 bits per heavy atom. The van der Waals surface area contributed by atoms with Crippen LogP contribution in [0.15, 0.2) is 24.3 Å². The highest BCUT2D eigenvalue weighted by molar-refractivity contribution is 5.81. The summed E-state index contributed by atoms with van der Waals surface area (Å²) in [6.45, 7) is 6.80. The smallest absolute Gasteiger partial charge is 0.225 e. The summed E-state index contributed by atoms with van der Waals surface area (Å²) in [6.07, 6.45) is 3.21. The fourth-order valence-electron chi connectivity index (χ4n) is 4.54. The summed E-state index contributed by atoms with van der Waals surface area (Å²) >= 11 is 0. The molecule has 0 radical (unpaired) electrons. The molecule has 130 valence electrons. The number of amides is 1. The number of fused-ring (bicyclic) bond motifs is 1. The molecule has 2 heterocycles. The Balaban J connectivity index is 1.44. The highest BCUT2D eigenvalue weighted by atomic mass is 16.3. The van der Waals surface area contributed by atoms with Crippen molar-refractivity contribution in [3.63, 3.8) is 0 Å². The Hall–Kier alpha value is -1.39. The Morgan fingerprint density at radius 3 is 2.62 bits per heavy atom. The molecular weight excluding hydrogens is 300 g/mol. The second-order valence-corrected chi connectivity index (χ2v) is 8.20. The molecule has 1 aromatic rings. The highest BCUT2D eigenvalue weighted by Crippen LogP contribution is 2.44. The second-order valence-electron chi connectivity index (χ2n) is 8.20. The molecule has 1 saturated carbocycles. The van der Waals surface area contributed by atoms with E-state index in [2.05, 4.69) is 36.1 Å². The predicted octanol–water partition coefficient (Wildman–Crippen LogP) is 2.05. The van der Waals surface area contributed by atoms with Crippen molar-refractivity contribution in [2.45, 2.75) is 32.7 Å². The number of carbonyl (C=O) groups excluding carboxylic acids is 1. The number of hydrogen-bond donors (Lipinski definition) is 1. The molecule has 3 fully saturated rings. The van der Waals surface area contributed by atoms with Crippen molar-refractivity contribution < 1.29 is 9.90 Å². The van der Waals surface area contributed by atoms with Crippen molar-refractivity contribution in [3.05, 3.63) is 35.4 Å². The maximum atomic E-state index is 12.4.